The Hall–Kier alpha value is -4.04. The largest absolute Gasteiger partial charge is 0.497 e. The van der Waals surface area contributed by atoms with E-state index in [0.29, 0.717) is 16.3 Å². The van der Waals surface area contributed by atoms with Crippen molar-refractivity contribution in [3.05, 3.63) is 94.8 Å². The van der Waals surface area contributed by atoms with Gasteiger partial charge in [0.05, 0.1) is 31.0 Å². The maximum atomic E-state index is 14.0. The molecule has 0 aliphatic carbocycles. The van der Waals surface area contributed by atoms with E-state index in [0.717, 1.165) is 9.87 Å². The van der Waals surface area contributed by atoms with E-state index in [9.17, 15) is 32.4 Å². The molecule has 2 atom stereocenters. The number of halogens is 2. The van der Waals surface area contributed by atoms with E-state index >= 15 is 0 Å². The molecule has 0 radical (unpaired) electrons. The third kappa shape index (κ3) is 8.37. The molecular formula is C31H34ClFN4O7S. The highest BCUT2D eigenvalue weighted by atomic mass is 35.5. The quantitative estimate of drug-likeness (QED) is 0.225. The van der Waals surface area contributed by atoms with Gasteiger partial charge in [-0.05, 0) is 73.0 Å². The van der Waals surface area contributed by atoms with Crippen LogP contribution in [0.25, 0.3) is 0 Å². The lowest BCUT2D eigenvalue weighted by Crippen LogP contribution is -2.64. The number of nitrogens with one attached hydrogen (secondary N) is 1. The molecule has 0 spiro atoms. The molecule has 1 aliphatic heterocycles. The fraction of sp³-hybridized carbons (Fsp3) is 0.323. The zero-order valence-electron chi connectivity index (χ0n) is 24.7. The van der Waals surface area contributed by atoms with E-state index in [1.807, 2.05) is 0 Å². The molecule has 4 rings (SSSR count). The van der Waals surface area contributed by atoms with Gasteiger partial charge in [-0.2, -0.15) is 4.31 Å². The Morgan fingerprint density at radius 3 is 2.40 bits per heavy atom. The van der Waals surface area contributed by atoms with Crippen molar-refractivity contribution in [2.24, 2.45) is 0 Å². The van der Waals surface area contributed by atoms with Crippen LogP contribution in [0.5, 0.6) is 5.75 Å². The Balaban J connectivity index is 1.62. The summed E-state index contributed by atoms with van der Waals surface area (Å²) in [7, 11) is -2.77. The van der Waals surface area contributed by atoms with E-state index in [2.05, 4.69) is 0 Å². The number of hydrogen-bond acceptors (Lipinski definition) is 7. The van der Waals surface area contributed by atoms with Gasteiger partial charge in [0.1, 0.15) is 17.6 Å². The smallest absolute Gasteiger partial charge is 0.245 e. The Labute approximate surface area is 266 Å². The van der Waals surface area contributed by atoms with Crippen LogP contribution in [0.2, 0.25) is 5.02 Å². The third-order valence-corrected chi connectivity index (χ3v) is 9.67. The molecule has 1 saturated heterocycles. The molecule has 14 heteroatoms. The van der Waals surface area contributed by atoms with Crippen molar-refractivity contribution in [2.45, 2.75) is 43.3 Å². The number of benzene rings is 3. The lowest BCUT2D eigenvalue weighted by molar-refractivity contribution is -0.157. The van der Waals surface area contributed by atoms with Crippen LogP contribution >= 0.6 is 11.6 Å². The molecular weight excluding hydrogens is 627 g/mol. The van der Waals surface area contributed by atoms with E-state index in [4.69, 9.17) is 16.3 Å². The minimum atomic E-state index is -4.22. The number of piperazine rings is 1. The summed E-state index contributed by atoms with van der Waals surface area (Å²) in [5.74, 6) is -1.90. The van der Waals surface area contributed by atoms with Crippen LogP contribution < -0.4 is 10.2 Å². The molecule has 1 unspecified atom stereocenters. The number of hydroxylamine groups is 1. The van der Waals surface area contributed by atoms with Crippen molar-refractivity contribution in [3.8, 4) is 5.75 Å². The first-order valence-corrected chi connectivity index (χ1v) is 15.9. The summed E-state index contributed by atoms with van der Waals surface area (Å²) in [5, 5.41) is 9.70. The molecule has 1 fully saturated rings. The van der Waals surface area contributed by atoms with Crippen molar-refractivity contribution in [1.82, 2.24) is 19.6 Å². The number of hydrogen-bond donors (Lipinski definition) is 2. The number of ether oxygens (including phenoxy) is 1. The fourth-order valence-corrected chi connectivity index (χ4v) is 6.89. The third-order valence-electron chi connectivity index (χ3n) is 7.58. The predicted octanol–water partition coefficient (Wildman–Crippen LogP) is 3.24. The Morgan fingerprint density at radius 1 is 1.09 bits per heavy atom. The highest BCUT2D eigenvalue weighted by Gasteiger charge is 2.42. The van der Waals surface area contributed by atoms with Crippen molar-refractivity contribution in [2.75, 3.05) is 26.7 Å². The minimum Gasteiger partial charge on any atom is -0.497 e. The topological polar surface area (TPSA) is 137 Å². The summed E-state index contributed by atoms with van der Waals surface area (Å²) in [6.45, 7) is 0.805. The van der Waals surface area contributed by atoms with Gasteiger partial charge in [0, 0.05) is 24.7 Å². The maximum Gasteiger partial charge on any atom is 0.245 e. The second kappa shape index (κ2) is 14.8. The van der Waals surface area contributed by atoms with Crippen LogP contribution in [0.3, 0.4) is 0 Å². The average Bonchev–Trinajstić information content (AvgIpc) is 3.02. The molecule has 11 nitrogen and oxygen atoms in total. The minimum absolute atomic E-state index is 0.0633. The SMILES string of the molecule is COc1ccc(S(=O)(=O)N(CCc2cccc(Cl)c2)CC(=O)N2C(CC(=O)NO)CN(Cc3ccc(F)cc3)C(=O)[C@@H]2C)cc1. The highest BCUT2D eigenvalue weighted by Crippen LogP contribution is 2.25. The van der Waals surface area contributed by atoms with Gasteiger partial charge in [0.25, 0.3) is 0 Å². The van der Waals surface area contributed by atoms with E-state index in [-0.39, 0.29) is 37.4 Å². The van der Waals surface area contributed by atoms with Crippen molar-refractivity contribution in [1.29, 1.82) is 0 Å². The first-order valence-electron chi connectivity index (χ1n) is 14.1. The summed E-state index contributed by atoms with van der Waals surface area (Å²) in [5.41, 5.74) is 2.95. The van der Waals surface area contributed by atoms with Gasteiger partial charge in [-0.3, -0.25) is 19.6 Å². The van der Waals surface area contributed by atoms with Gasteiger partial charge in [0.15, 0.2) is 0 Å². The molecule has 240 valence electrons. The van der Waals surface area contributed by atoms with Crippen LogP contribution in [-0.4, -0.2) is 84.3 Å². The van der Waals surface area contributed by atoms with Crippen LogP contribution in [0.1, 0.15) is 24.5 Å². The molecule has 3 aromatic carbocycles. The maximum absolute atomic E-state index is 14.0. The number of methoxy groups -OCH3 is 1. The molecule has 45 heavy (non-hydrogen) atoms. The fourth-order valence-electron chi connectivity index (χ4n) is 5.29. The predicted molar refractivity (Wildman–Crippen MR) is 163 cm³/mol. The van der Waals surface area contributed by atoms with E-state index < -0.39 is 52.2 Å². The summed E-state index contributed by atoms with van der Waals surface area (Å²) >= 11 is 6.12. The van der Waals surface area contributed by atoms with Crippen LogP contribution in [-0.2, 0) is 37.4 Å². The van der Waals surface area contributed by atoms with Crippen LogP contribution in [0, 0.1) is 5.82 Å². The Morgan fingerprint density at radius 2 is 1.78 bits per heavy atom. The van der Waals surface area contributed by atoms with Crippen molar-refractivity contribution >= 4 is 39.3 Å². The zero-order chi connectivity index (χ0) is 32.7. The molecule has 1 heterocycles. The van der Waals surface area contributed by atoms with Gasteiger partial charge < -0.3 is 14.5 Å². The Bertz CT molecular complexity index is 1620. The second-order valence-electron chi connectivity index (χ2n) is 10.6. The van der Waals surface area contributed by atoms with Gasteiger partial charge in [-0.25, -0.2) is 18.3 Å². The number of amides is 3. The number of carbonyl (C=O) groups is 3. The van der Waals surface area contributed by atoms with Gasteiger partial charge in [-0.15, -0.1) is 0 Å². The number of nitrogens with zero attached hydrogens (tertiary/aromatic N) is 3. The molecule has 2 N–H and O–H groups in total. The molecule has 0 bridgehead atoms. The first kappa shape index (κ1) is 33.8. The molecule has 0 aromatic heterocycles. The highest BCUT2D eigenvalue weighted by molar-refractivity contribution is 7.89. The number of sulfonamides is 1. The monoisotopic (exact) mass is 660 g/mol. The van der Waals surface area contributed by atoms with Crippen molar-refractivity contribution < 1.29 is 37.1 Å². The van der Waals surface area contributed by atoms with Gasteiger partial charge >= 0.3 is 0 Å². The normalized spacial score (nSPS) is 17.0. The molecule has 1 aliphatic rings. The summed E-state index contributed by atoms with van der Waals surface area (Å²) in [6, 6.07) is 16.3. The lowest BCUT2D eigenvalue weighted by Gasteiger charge is -2.45. The Kier molecular flexibility index (Phi) is 11.2. The average molecular weight is 661 g/mol. The number of rotatable bonds is 12. The number of carbonyl (C=O) groups excluding carboxylic acids is 3. The standard InChI is InChI=1S/C31H34ClFN4O7S/c1-21-31(40)35(18-23-6-8-25(33)9-7-23)19-26(17-29(38)34-41)37(21)30(39)20-36(15-14-22-4-3-5-24(32)16-22)45(42,43)28-12-10-27(44-2)11-13-28/h3-13,16,21,26,41H,14-15,17-20H2,1-2H3,(H,34,38)/t21-,26?/m0/s1. The van der Waals surface area contributed by atoms with E-state index in [1.165, 1.54) is 72.4 Å². The second-order valence-corrected chi connectivity index (χ2v) is 13.0. The summed E-state index contributed by atoms with van der Waals surface area (Å²) in [4.78, 5) is 42.3. The van der Waals surface area contributed by atoms with Gasteiger partial charge in [-0.1, -0.05) is 35.9 Å². The molecule has 3 amide bonds. The zero-order valence-corrected chi connectivity index (χ0v) is 26.3. The van der Waals surface area contributed by atoms with Crippen LogP contribution in [0.4, 0.5) is 4.39 Å². The summed E-state index contributed by atoms with van der Waals surface area (Å²) in [6.07, 6.45) is -0.118. The van der Waals surface area contributed by atoms with Crippen molar-refractivity contribution in [3.63, 3.8) is 0 Å². The van der Waals surface area contributed by atoms with Gasteiger partial charge in [0.2, 0.25) is 27.7 Å². The lowest BCUT2D eigenvalue weighted by atomic mass is 10.0. The molecule has 0 saturated carbocycles. The summed E-state index contributed by atoms with van der Waals surface area (Å²) < 4.78 is 47.3. The molecule has 3 aromatic rings. The first-order chi connectivity index (χ1) is 21.4. The van der Waals surface area contributed by atoms with E-state index in [1.54, 1.807) is 29.7 Å². The van der Waals surface area contributed by atoms with Crippen LogP contribution in [0.15, 0.2) is 77.7 Å².